The molecule has 0 N–H and O–H groups in total. The first-order chi connectivity index (χ1) is 7.91. The predicted octanol–water partition coefficient (Wildman–Crippen LogP) is 1.58. The summed E-state index contributed by atoms with van der Waals surface area (Å²) in [7, 11) is 0. The van der Waals surface area contributed by atoms with Gasteiger partial charge in [-0.2, -0.15) is 23.4 Å². The second-order valence-electron chi connectivity index (χ2n) is 3.24. The van der Waals surface area contributed by atoms with E-state index in [0.29, 0.717) is 10.5 Å². The molecule has 0 amide bonds. The summed E-state index contributed by atoms with van der Waals surface area (Å²) in [6, 6.07) is 4.60. The minimum atomic E-state index is -4.68. The van der Waals surface area contributed by atoms with Gasteiger partial charge in [-0.1, -0.05) is 0 Å². The van der Waals surface area contributed by atoms with Crippen LogP contribution in [0.25, 0.3) is 5.65 Å². The zero-order chi connectivity index (χ0) is 12.6. The molecule has 86 valence electrons. The Kier molecular flexibility index (Phi) is 2.35. The molecule has 0 bridgehead atoms. The minimum Gasteiger partial charge on any atom is -0.296 e. The second kappa shape index (κ2) is 3.59. The number of alkyl halides is 3. The number of hydrogen-bond donors (Lipinski definition) is 0. The zero-order valence-electron chi connectivity index (χ0n) is 8.19. The van der Waals surface area contributed by atoms with Crippen LogP contribution in [0, 0.1) is 11.3 Å². The molecule has 0 unspecified atom stereocenters. The summed E-state index contributed by atoms with van der Waals surface area (Å²) in [5.74, 6) is 0. The first kappa shape index (κ1) is 11.1. The molecule has 0 radical (unpaired) electrons. The molecule has 2 aromatic heterocycles. The maximum Gasteiger partial charge on any atom is 0.432 e. The van der Waals surface area contributed by atoms with E-state index in [4.69, 9.17) is 5.26 Å². The number of hydrogen-bond acceptors (Lipinski definition) is 3. The lowest BCUT2D eigenvalue weighted by Gasteiger charge is -2.10. The van der Waals surface area contributed by atoms with Crippen molar-refractivity contribution in [1.82, 2.24) is 9.38 Å². The topological polar surface area (TPSA) is 58.2 Å². The maximum absolute atomic E-state index is 12.7. The minimum absolute atomic E-state index is 0.0495. The Morgan fingerprint density at radius 2 is 2.06 bits per heavy atom. The Hall–Kier alpha value is -2.36. The van der Waals surface area contributed by atoms with E-state index in [9.17, 15) is 18.0 Å². The summed E-state index contributed by atoms with van der Waals surface area (Å²) in [4.78, 5) is 14.4. The molecule has 2 aromatic rings. The molecule has 0 aliphatic heterocycles. The van der Waals surface area contributed by atoms with Crippen LogP contribution in [0.4, 0.5) is 13.2 Å². The number of halogens is 3. The fraction of sp³-hybridized carbons (Fsp3) is 0.100. The monoisotopic (exact) mass is 239 g/mol. The van der Waals surface area contributed by atoms with Gasteiger partial charge in [0.25, 0.3) is 5.56 Å². The van der Waals surface area contributed by atoms with Gasteiger partial charge in [0.15, 0.2) is 0 Å². The Morgan fingerprint density at radius 1 is 1.35 bits per heavy atom. The van der Waals surface area contributed by atoms with Crippen LogP contribution in [-0.4, -0.2) is 9.38 Å². The van der Waals surface area contributed by atoms with Crippen LogP contribution in [0.2, 0.25) is 0 Å². The maximum atomic E-state index is 12.7. The third-order valence-electron chi connectivity index (χ3n) is 2.09. The van der Waals surface area contributed by atoms with Crippen LogP contribution in [-0.2, 0) is 6.18 Å². The lowest BCUT2D eigenvalue weighted by atomic mass is 10.3. The molecule has 4 nitrogen and oxygen atoms in total. The number of nitrogens with zero attached hydrogens (tertiary/aromatic N) is 3. The van der Waals surface area contributed by atoms with Crippen molar-refractivity contribution in [1.29, 1.82) is 5.26 Å². The summed E-state index contributed by atoms with van der Waals surface area (Å²) < 4.78 is 38.7. The predicted molar refractivity (Wildman–Crippen MR) is 51.2 cm³/mol. The van der Waals surface area contributed by atoms with Crippen molar-refractivity contribution in [2.75, 3.05) is 0 Å². The third kappa shape index (κ3) is 1.97. The highest BCUT2D eigenvalue weighted by Crippen LogP contribution is 2.28. The van der Waals surface area contributed by atoms with Gasteiger partial charge in [-0.05, 0) is 12.1 Å². The molecule has 0 aliphatic rings. The Morgan fingerprint density at radius 3 is 2.65 bits per heavy atom. The van der Waals surface area contributed by atoms with E-state index in [1.54, 1.807) is 6.07 Å². The van der Waals surface area contributed by atoms with Gasteiger partial charge >= 0.3 is 6.18 Å². The van der Waals surface area contributed by atoms with E-state index in [-0.39, 0.29) is 11.2 Å². The van der Waals surface area contributed by atoms with E-state index in [1.165, 1.54) is 12.1 Å². The highest BCUT2D eigenvalue weighted by atomic mass is 19.4. The number of nitriles is 1. The van der Waals surface area contributed by atoms with E-state index < -0.39 is 17.4 Å². The molecular formula is C10H4F3N3O. The second-order valence-corrected chi connectivity index (χ2v) is 3.24. The largest absolute Gasteiger partial charge is 0.432 e. The summed E-state index contributed by atoms with van der Waals surface area (Å²) in [5.41, 5.74) is -2.22. The molecule has 2 rings (SSSR count). The van der Waals surface area contributed by atoms with Crippen LogP contribution in [0.15, 0.2) is 29.2 Å². The molecule has 0 aromatic carbocycles. The van der Waals surface area contributed by atoms with Crippen LogP contribution < -0.4 is 5.56 Å². The van der Waals surface area contributed by atoms with Crippen molar-refractivity contribution in [3.63, 3.8) is 0 Å². The molecule has 0 saturated heterocycles. The molecule has 0 atom stereocenters. The Bertz CT molecular complexity index is 682. The van der Waals surface area contributed by atoms with Gasteiger partial charge in [-0.25, -0.2) is 0 Å². The molecule has 0 fully saturated rings. The third-order valence-corrected chi connectivity index (χ3v) is 2.09. The highest BCUT2D eigenvalue weighted by Gasteiger charge is 2.34. The Balaban J connectivity index is 2.91. The van der Waals surface area contributed by atoms with E-state index in [0.717, 1.165) is 6.20 Å². The van der Waals surface area contributed by atoms with Crippen LogP contribution in [0.1, 0.15) is 11.3 Å². The summed E-state index contributed by atoms with van der Waals surface area (Å²) in [6.45, 7) is 0. The molecule has 0 saturated carbocycles. The van der Waals surface area contributed by atoms with Crippen LogP contribution >= 0.6 is 0 Å². The zero-order valence-corrected chi connectivity index (χ0v) is 8.19. The van der Waals surface area contributed by atoms with E-state index in [2.05, 4.69) is 4.98 Å². The van der Waals surface area contributed by atoms with Crippen molar-refractivity contribution in [2.45, 2.75) is 6.18 Å². The molecule has 7 heteroatoms. The highest BCUT2D eigenvalue weighted by molar-refractivity contribution is 5.43. The van der Waals surface area contributed by atoms with E-state index in [1.807, 2.05) is 0 Å². The molecule has 0 spiro atoms. The molecular weight excluding hydrogens is 235 g/mol. The standard InChI is InChI=1S/C10H4F3N3O/c11-10(12,13)7-3-9(17)15-8-2-1-6(4-14)5-16(7)8/h1-3,5H. The first-order valence-electron chi connectivity index (χ1n) is 4.42. The van der Waals surface area contributed by atoms with Gasteiger partial charge in [0, 0.05) is 12.3 Å². The van der Waals surface area contributed by atoms with Gasteiger partial charge in [0.05, 0.1) is 5.56 Å². The summed E-state index contributed by atoms with van der Waals surface area (Å²) >= 11 is 0. The Labute approximate surface area is 92.6 Å². The van der Waals surface area contributed by atoms with Gasteiger partial charge in [0.1, 0.15) is 17.4 Å². The molecule has 2 heterocycles. The van der Waals surface area contributed by atoms with Crippen molar-refractivity contribution < 1.29 is 13.2 Å². The van der Waals surface area contributed by atoms with Gasteiger partial charge < -0.3 is 0 Å². The SMILES string of the molecule is N#Cc1ccc2nc(=O)cc(C(F)(F)F)n2c1. The quantitative estimate of drug-likeness (QED) is 0.701. The average molecular weight is 239 g/mol. The van der Waals surface area contributed by atoms with Crippen molar-refractivity contribution >= 4 is 5.65 Å². The normalized spacial score (nSPS) is 11.4. The lowest BCUT2D eigenvalue weighted by molar-refractivity contribution is -0.142. The van der Waals surface area contributed by atoms with Crippen LogP contribution in [0.5, 0.6) is 0 Å². The number of rotatable bonds is 0. The smallest absolute Gasteiger partial charge is 0.296 e. The van der Waals surface area contributed by atoms with Crippen molar-refractivity contribution in [2.24, 2.45) is 0 Å². The number of fused-ring (bicyclic) bond motifs is 1. The van der Waals surface area contributed by atoms with Crippen LogP contribution in [0.3, 0.4) is 0 Å². The lowest BCUT2D eigenvalue weighted by Crippen LogP contribution is -2.19. The van der Waals surface area contributed by atoms with Gasteiger partial charge in [-0.3, -0.25) is 9.20 Å². The van der Waals surface area contributed by atoms with Gasteiger partial charge in [0.2, 0.25) is 0 Å². The summed E-state index contributed by atoms with van der Waals surface area (Å²) in [6.07, 6.45) is -3.69. The fourth-order valence-electron chi connectivity index (χ4n) is 1.39. The fourth-order valence-corrected chi connectivity index (χ4v) is 1.39. The first-order valence-corrected chi connectivity index (χ1v) is 4.42. The summed E-state index contributed by atoms with van der Waals surface area (Å²) in [5, 5.41) is 8.62. The van der Waals surface area contributed by atoms with Crippen molar-refractivity contribution in [3.05, 3.63) is 46.0 Å². The molecule has 0 aliphatic carbocycles. The van der Waals surface area contributed by atoms with E-state index >= 15 is 0 Å². The van der Waals surface area contributed by atoms with Gasteiger partial charge in [-0.15, -0.1) is 0 Å². The molecule has 17 heavy (non-hydrogen) atoms. The average Bonchev–Trinajstić information content (AvgIpc) is 2.26. The number of pyridine rings is 1. The number of aromatic nitrogens is 2. The van der Waals surface area contributed by atoms with Crippen molar-refractivity contribution in [3.8, 4) is 6.07 Å².